The number of piperidine rings is 1. The first-order valence-corrected chi connectivity index (χ1v) is 10.4. The Hall–Kier alpha value is -0.810. The highest BCUT2D eigenvalue weighted by Crippen LogP contribution is 2.11. The van der Waals surface area contributed by atoms with Crippen molar-refractivity contribution < 1.29 is 9.53 Å². The first-order valence-electron chi connectivity index (χ1n) is 10.4. The largest absolute Gasteiger partial charge is 0.450 e. The zero-order valence-electron chi connectivity index (χ0n) is 17.8. The Morgan fingerprint density at radius 1 is 1.14 bits per heavy atom. The molecule has 0 aromatic carbocycles. The number of rotatable bonds is 6. The number of aliphatic imine (C=N–C) groups is 1. The molecule has 2 aliphatic rings. The summed E-state index contributed by atoms with van der Waals surface area (Å²) in [5.74, 6) is 0.861. The van der Waals surface area contributed by atoms with Gasteiger partial charge in [0.05, 0.1) is 6.61 Å². The molecule has 2 rings (SSSR count). The van der Waals surface area contributed by atoms with Crippen LogP contribution >= 0.6 is 24.0 Å². The number of likely N-dealkylation sites (tertiary alicyclic amines) is 1. The van der Waals surface area contributed by atoms with E-state index < -0.39 is 0 Å². The van der Waals surface area contributed by atoms with Crippen molar-refractivity contribution in [2.45, 2.75) is 38.6 Å². The quantitative estimate of drug-likeness (QED) is 0.244. The lowest BCUT2D eigenvalue weighted by Gasteiger charge is -2.32. The fourth-order valence-electron chi connectivity index (χ4n) is 3.64. The predicted octanol–water partition coefficient (Wildman–Crippen LogP) is 1.42. The van der Waals surface area contributed by atoms with Crippen LogP contribution in [0.5, 0.6) is 0 Å². The minimum Gasteiger partial charge on any atom is -0.450 e. The Kier molecular flexibility index (Phi) is 12.8. The number of hydrogen-bond donors (Lipinski definition) is 2. The zero-order valence-corrected chi connectivity index (χ0v) is 20.1. The summed E-state index contributed by atoms with van der Waals surface area (Å²) in [6.45, 7) is 10.5. The van der Waals surface area contributed by atoms with Gasteiger partial charge in [-0.3, -0.25) is 4.99 Å². The number of amides is 1. The fraction of sp³-hybridized carbons (Fsp3) is 0.895. The summed E-state index contributed by atoms with van der Waals surface area (Å²) in [4.78, 5) is 22.9. The van der Waals surface area contributed by atoms with Crippen LogP contribution in [0.15, 0.2) is 4.99 Å². The third-order valence-electron chi connectivity index (χ3n) is 5.34. The van der Waals surface area contributed by atoms with E-state index in [1.54, 1.807) is 4.90 Å². The predicted molar refractivity (Wildman–Crippen MR) is 125 cm³/mol. The van der Waals surface area contributed by atoms with Crippen LogP contribution in [0.25, 0.3) is 0 Å². The molecule has 2 aliphatic heterocycles. The lowest BCUT2D eigenvalue weighted by molar-refractivity contribution is 0.0963. The molecule has 2 saturated heterocycles. The fourth-order valence-corrected chi connectivity index (χ4v) is 3.64. The van der Waals surface area contributed by atoms with Crippen LogP contribution in [0, 0.1) is 0 Å². The molecule has 0 unspecified atom stereocenters. The Morgan fingerprint density at radius 3 is 2.57 bits per heavy atom. The number of guanidine groups is 1. The Morgan fingerprint density at radius 2 is 1.89 bits per heavy atom. The lowest BCUT2D eigenvalue weighted by atomic mass is 10.1. The molecule has 28 heavy (non-hydrogen) atoms. The Balaban J connectivity index is 0.00000392. The molecule has 0 bridgehead atoms. The van der Waals surface area contributed by atoms with E-state index in [-0.39, 0.29) is 30.1 Å². The van der Waals surface area contributed by atoms with Crippen molar-refractivity contribution in [2.24, 2.45) is 4.99 Å². The summed E-state index contributed by atoms with van der Waals surface area (Å²) < 4.78 is 5.07. The molecular formula is C19H39IN6O2. The topological polar surface area (TPSA) is 72.4 Å². The van der Waals surface area contributed by atoms with Crippen LogP contribution in [-0.2, 0) is 4.74 Å². The summed E-state index contributed by atoms with van der Waals surface area (Å²) in [5.41, 5.74) is 0. The monoisotopic (exact) mass is 510 g/mol. The number of ether oxygens (including phenoxy) is 1. The molecule has 0 radical (unpaired) electrons. The molecule has 2 N–H and O–H groups in total. The van der Waals surface area contributed by atoms with Gasteiger partial charge in [-0.15, -0.1) is 24.0 Å². The third kappa shape index (κ3) is 9.13. The molecule has 2 heterocycles. The second kappa shape index (κ2) is 14.2. The van der Waals surface area contributed by atoms with Gasteiger partial charge in [-0.05, 0) is 59.3 Å². The molecule has 0 aliphatic carbocycles. The number of halogens is 1. The first-order chi connectivity index (χ1) is 13.1. The maximum absolute atomic E-state index is 11.8. The lowest BCUT2D eigenvalue weighted by Crippen LogP contribution is -2.50. The van der Waals surface area contributed by atoms with Crippen molar-refractivity contribution in [3.8, 4) is 0 Å². The number of hydrogen-bond acceptors (Lipinski definition) is 5. The maximum Gasteiger partial charge on any atom is 0.409 e. The van der Waals surface area contributed by atoms with Gasteiger partial charge in [0.2, 0.25) is 0 Å². The minimum absolute atomic E-state index is 0. The van der Waals surface area contributed by atoms with Crippen LogP contribution in [0.4, 0.5) is 4.79 Å². The Labute approximate surface area is 187 Å². The van der Waals surface area contributed by atoms with Crippen LogP contribution < -0.4 is 10.6 Å². The first kappa shape index (κ1) is 25.2. The van der Waals surface area contributed by atoms with Crippen molar-refractivity contribution >= 4 is 36.0 Å². The highest BCUT2D eigenvalue weighted by molar-refractivity contribution is 14.0. The van der Waals surface area contributed by atoms with Gasteiger partial charge in [0, 0.05) is 45.8 Å². The van der Waals surface area contributed by atoms with E-state index >= 15 is 0 Å². The van der Waals surface area contributed by atoms with Crippen molar-refractivity contribution in [3.63, 3.8) is 0 Å². The normalized spacial score (nSPS) is 20.2. The summed E-state index contributed by atoms with van der Waals surface area (Å²) in [6, 6.07) is 0.350. The number of nitrogens with zero attached hydrogens (tertiary/aromatic N) is 4. The van der Waals surface area contributed by atoms with E-state index in [2.05, 4.69) is 32.5 Å². The van der Waals surface area contributed by atoms with Crippen molar-refractivity contribution in [2.75, 3.05) is 73.1 Å². The number of nitrogens with one attached hydrogen (secondary N) is 2. The van der Waals surface area contributed by atoms with E-state index in [0.717, 1.165) is 51.4 Å². The Bertz CT molecular complexity index is 471. The third-order valence-corrected chi connectivity index (χ3v) is 5.34. The van der Waals surface area contributed by atoms with Crippen LogP contribution in [-0.4, -0.2) is 106 Å². The van der Waals surface area contributed by atoms with E-state index in [1.807, 2.05) is 14.0 Å². The van der Waals surface area contributed by atoms with Crippen LogP contribution in [0.3, 0.4) is 0 Å². The molecule has 2 fully saturated rings. The second-order valence-corrected chi connectivity index (χ2v) is 7.46. The van der Waals surface area contributed by atoms with Crippen molar-refractivity contribution in [3.05, 3.63) is 0 Å². The van der Waals surface area contributed by atoms with Gasteiger partial charge in [0.15, 0.2) is 5.96 Å². The smallest absolute Gasteiger partial charge is 0.409 e. The van der Waals surface area contributed by atoms with Crippen LogP contribution in [0.1, 0.15) is 32.6 Å². The van der Waals surface area contributed by atoms with E-state index in [1.165, 1.54) is 32.6 Å². The summed E-state index contributed by atoms with van der Waals surface area (Å²) in [6.07, 6.45) is 4.02. The molecule has 0 aromatic rings. The maximum atomic E-state index is 11.8. The average Bonchev–Trinajstić information content (AvgIpc) is 2.89. The second-order valence-electron chi connectivity index (χ2n) is 7.46. The zero-order chi connectivity index (χ0) is 19.5. The summed E-state index contributed by atoms with van der Waals surface area (Å²) >= 11 is 0. The van der Waals surface area contributed by atoms with Crippen LogP contribution in [0.2, 0.25) is 0 Å². The molecule has 0 aromatic heterocycles. The molecule has 0 atom stereocenters. The number of carbonyl (C=O) groups is 1. The SMILES string of the molecule is CCOC(=O)N1CCC(NC(=NC)NCCCN2CCCN(C)CC2)CC1.I. The van der Waals surface area contributed by atoms with Crippen molar-refractivity contribution in [1.82, 2.24) is 25.3 Å². The standard InChI is InChI=1S/C19H38N6O2.HI/c1-4-27-19(26)25-13-7-17(8-14-25)22-18(20-2)21-9-5-11-24-12-6-10-23(3)15-16-24;/h17H,4-16H2,1-3H3,(H2,20,21,22);1H. The number of likely N-dealkylation sites (N-methyl/N-ethyl adjacent to an activating group) is 1. The summed E-state index contributed by atoms with van der Waals surface area (Å²) in [7, 11) is 4.02. The summed E-state index contributed by atoms with van der Waals surface area (Å²) in [5, 5.41) is 6.92. The number of carbonyl (C=O) groups excluding carboxylic acids is 1. The van der Waals surface area contributed by atoms with Gasteiger partial charge in [0.25, 0.3) is 0 Å². The minimum atomic E-state index is -0.196. The highest BCUT2D eigenvalue weighted by Gasteiger charge is 2.24. The van der Waals surface area contributed by atoms with Gasteiger partial charge < -0.3 is 30.1 Å². The molecule has 9 heteroatoms. The van der Waals surface area contributed by atoms with Gasteiger partial charge in [-0.25, -0.2) is 4.79 Å². The molecule has 164 valence electrons. The van der Waals surface area contributed by atoms with Gasteiger partial charge in [-0.2, -0.15) is 0 Å². The van der Waals surface area contributed by atoms with E-state index in [4.69, 9.17) is 4.74 Å². The molecule has 1 amide bonds. The van der Waals surface area contributed by atoms with Gasteiger partial charge in [-0.1, -0.05) is 0 Å². The highest BCUT2D eigenvalue weighted by atomic mass is 127. The van der Waals surface area contributed by atoms with Gasteiger partial charge in [0.1, 0.15) is 0 Å². The molecular weight excluding hydrogens is 471 g/mol. The van der Waals surface area contributed by atoms with Gasteiger partial charge >= 0.3 is 6.09 Å². The van der Waals surface area contributed by atoms with E-state index in [0.29, 0.717) is 12.6 Å². The molecule has 8 nitrogen and oxygen atoms in total. The molecule has 0 spiro atoms. The molecule has 0 saturated carbocycles. The van der Waals surface area contributed by atoms with Crippen molar-refractivity contribution in [1.29, 1.82) is 0 Å². The average molecular weight is 510 g/mol. The van der Waals surface area contributed by atoms with E-state index in [9.17, 15) is 4.79 Å².